The van der Waals surface area contributed by atoms with Crippen LogP contribution in [0, 0.1) is 20.8 Å². The summed E-state index contributed by atoms with van der Waals surface area (Å²) in [7, 11) is 1.91. The van der Waals surface area contributed by atoms with Crippen molar-refractivity contribution in [1.29, 1.82) is 0 Å². The molecule has 0 aliphatic carbocycles. The molecule has 1 aliphatic rings. The molecule has 1 saturated heterocycles. The van der Waals surface area contributed by atoms with E-state index < -0.39 is 0 Å². The van der Waals surface area contributed by atoms with Crippen LogP contribution in [0.1, 0.15) is 47.4 Å². The lowest BCUT2D eigenvalue weighted by Gasteiger charge is -2.31. The molecule has 124 valence electrons. The zero-order chi connectivity index (χ0) is 16.6. The van der Waals surface area contributed by atoms with Gasteiger partial charge in [-0.15, -0.1) is 0 Å². The highest BCUT2D eigenvalue weighted by Crippen LogP contribution is 2.25. The molecule has 0 radical (unpaired) electrons. The van der Waals surface area contributed by atoms with Crippen LogP contribution >= 0.6 is 0 Å². The maximum atomic E-state index is 12.7. The number of aryl methyl sites for hydroxylation is 3. The van der Waals surface area contributed by atoms with Gasteiger partial charge in [0.1, 0.15) is 0 Å². The van der Waals surface area contributed by atoms with E-state index in [1.165, 1.54) is 0 Å². The van der Waals surface area contributed by atoms with Gasteiger partial charge in [-0.05, 0) is 26.7 Å². The van der Waals surface area contributed by atoms with Crippen molar-refractivity contribution >= 4 is 5.91 Å². The van der Waals surface area contributed by atoms with Crippen molar-refractivity contribution in [1.82, 2.24) is 24.8 Å². The van der Waals surface area contributed by atoms with Crippen molar-refractivity contribution in [2.45, 2.75) is 46.0 Å². The predicted octanol–water partition coefficient (Wildman–Crippen LogP) is 1.68. The number of nitrogens with zero attached hydrogens (tertiary/aromatic N) is 5. The second kappa shape index (κ2) is 6.14. The average Bonchev–Trinajstić information content (AvgIpc) is 3.06. The summed E-state index contributed by atoms with van der Waals surface area (Å²) in [4.78, 5) is 18.9. The highest BCUT2D eigenvalue weighted by Gasteiger charge is 2.28. The van der Waals surface area contributed by atoms with Crippen LogP contribution in [0.25, 0.3) is 0 Å². The number of hydrogen-bond donors (Lipinski definition) is 0. The molecule has 3 heterocycles. The highest BCUT2D eigenvalue weighted by atomic mass is 16.5. The van der Waals surface area contributed by atoms with Crippen molar-refractivity contribution in [3.05, 3.63) is 28.7 Å². The Balaban J connectivity index is 1.70. The third-order valence-electron chi connectivity index (χ3n) is 4.67. The first-order valence-corrected chi connectivity index (χ1v) is 8.02. The topological polar surface area (TPSA) is 77.1 Å². The Morgan fingerprint density at radius 3 is 2.74 bits per heavy atom. The van der Waals surface area contributed by atoms with E-state index in [2.05, 4.69) is 15.2 Å². The monoisotopic (exact) mass is 317 g/mol. The number of aromatic nitrogens is 4. The van der Waals surface area contributed by atoms with Gasteiger partial charge in [0.25, 0.3) is 0 Å². The predicted molar refractivity (Wildman–Crippen MR) is 84.0 cm³/mol. The van der Waals surface area contributed by atoms with Gasteiger partial charge >= 0.3 is 0 Å². The maximum absolute atomic E-state index is 12.7. The Labute approximate surface area is 135 Å². The maximum Gasteiger partial charge on any atom is 0.227 e. The lowest BCUT2D eigenvalue weighted by Crippen LogP contribution is -2.40. The molecular weight excluding hydrogens is 294 g/mol. The molecule has 23 heavy (non-hydrogen) atoms. The van der Waals surface area contributed by atoms with E-state index in [9.17, 15) is 4.79 Å². The van der Waals surface area contributed by atoms with Crippen LogP contribution in [-0.2, 0) is 18.3 Å². The van der Waals surface area contributed by atoms with Gasteiger partial charge in [0.05, 0.1) is 12.1 Å². The molecular formula is C16H23N5O2. The van der Waals surface area contributed by atoms with E-state index in [0.29, 0.717) is 24.7 Å². The second-order valence-corrected chi connectivity index (χ2v) is 6.30. The number of hydrogen-bond acceptors (Lipinski definition) is 5. The Morgan fingerprint density at radius 2 is 2.13 bits per heavy atom. The third-order valence-corrected chi connectivity index (χ3v) is 4.67. The summed E-state index contributed by atoms with van der Waals surface area (Å²) >= 11 is 0. The SMILES string of the molecule is Cc1nc(C2CCCN(C(=O)Cc3c(C)nn(C)c3C)C2)no1. The Hall–Kier alpha value is -2.18. The molecule has 0 spiro atoms. The molecule has 1 fully saturated rings. The fourth-order valence-electron chi connectivity index (χ4n) is 3.23. The second-order valence-electron chi connectivity index (χ2n) is 6.30. The van der Waals surface area contributed by atoms with Crippen molar-refractivity contribution < 1.29 is 9.32 Å². The van der Waals surface area contributed by atoms with Crippen LogP contribution in [0.15, 0.2) is 4.52 Å². The van der Waals surface area contributed by atoms with E-state index >= 15 is 0 Å². The minimum absolute atomic E-state index is 0.147. The molecule has 0 aromatic carbocycles. The van der Waals surface area contributed by atoms with Crippen LogP contribution in [0.3, 0.4) is 0 Å². The number of carbonyl (C=O) groups is 1. The van der Waals surface area contributed by atoms with Gasteiger partial charge in [0, 0.05) is 44.2 Å². The molecule has 7 nitrogen and oxygen atoms in total. The van der Waals surface area contributed by atoms with Crippen molar-refractivity contribution in [3.8, 4) is 0 Å². The first-order chi connectivity index (χ1) is 11.0. The van der Waals surface area contributed by atoms with E-state index in [-0.39, 0.29) is 11.8 Å². The summed E-state index contributed by atoms with van der Waals surface area (Å²) in [5.41, 5.74) is 3.02. The number of rotatable bonds is 3. The fraction of sp³-hybridized carbons (Fsp3) is 0.625. The number of carbonyl (C=O) groups excluding carboxylic acids is 1. The number of piperidine rings is 1. The zero-order valence-corrected chi connectivity index (χ0v) is 14.2. The Kier molecular flexibility index (Phi) is 4.19. The van der Waals surface area contributed by atoms with Gasteiger partial charge in [0.15, 0.2) is 5.82 Å². The number of likely N-dealkylation sites (tertiary alicyclic amines) is 1. The van der Waals surface area contributed by atoms with Crippen LogP contribution in [-0.4, -0.2) is 43.8 Å². The molecule has 7 heteroatoms. The van der Waals surface area contributed by atoms with Crippen LogP contribution in [0.5, 0.6) is 0 Å². The van der Waals surface area contributed by atoms with Gasteiger partial charge in [-0.1, -0.05) is 5.16 Å². The first kappa shape index (κ1) is 15.7. The molecule has 2 aromatic rings. The molecule has 0 N–H and O–H groups in total. The Bertz CT molecular complexity index is 718. The molecule has 1 atom stereocenters. The van der Waals surface area contributed by atoms with E-state index in [1.54, 1.807) is 6.92 Å². The summed E-state index contributed by atoms with van der Waals surface area (Å²) in [6.45, 7) is 7.21. The molecule has 1 unspecified atom stereocenters. The minimum atomic E-state index is 0.147. The van der Waals surface area contributed by atoms with Crippen molar-refractivity contribution in [2.75, 3.05) is 13.1 Å². The summed E-state index contributed by atoms with van der Waals surface area (Å²) in [5, 5.41) is 8.40. The van der Waals surface area contributed by atoms with E-state index in [1.807, 2.05) is 30.5 Å². The van der Waals surface area contributed by atoms with Crippen molar-refractivity contribution in [2.24, 2.45) is 7.05 Å². The van der Waals surface area contributed by atoms with Gasteiger partial charge in [0.2, 0.25) is 11.8 Å². The van der Waals surface area contributed by atoms with Gasteiger partial charge in [-0.25, -0.2) is 0 Å². The molecule has 3 rings (SSSR count). The third kappa shape index (κ3) is 3.13. The summed E-state index contributed by atoms with van der Waals surface area (Å²) in [6, 6.07) is 0. The van der Waals surface area contributed by atoms with Crippen LogP contribution < -0.4 is 0 Å². The molecule has 0 saturated carbocycles. The number of amides is 1. The standard InChI is InChI=1S/C16H23N5O2/c1-10-14(11(2)20(4)18-10)8-15(22)21-7-5-6-13(9-21)16-17-12(3)23-19-16/h13H,5-9H2,1-4H3. The first-order valence-electron chi connectivity index (χ1n) is 8.02. The van der Waals surface area contributed by atoms with Crippen LogP contribution in [0.4, 0.5) is 0 Å². The average molecular weight is 317 g/mol. The quantitative estimate of drug-likeness (QED) is 0.860. The summed E-state index contributed by atoms with van der Waals surface area (Å²) in [5.74, 6) is 1.61. The van der Waals surface area contributed by atoms with Crippen molar-refractivity contribution in [3.63, 3.8) is 0 Å². The smallest absolute Gasteiger partial charge is 0.227 e. The van der Waals surface area contributed by atoms with Gasteiger partial charge in [-0.2, -0.15) is 10.1 Å². The van der Waals surface area contributed by atoms with Gasteiger partial charge < -0.3 is 9.42 Å². The lowest BCUT2D eigenvalue weighted by atomic mass is 9.96. The minimum Gasteiger partial charge on any atom is -0.342 e. The fourth-order valence-corrected chi connectivity index (χ4v) is 3.23. The lowest BCUT2D eigenvalue weighted by molar-refractivity contribution is -0.131. The van der Waals surface area contributed by atoms with E-state index in [0.717, 1.165) is 36.3 Å². The summed E-state index contributed by atoms with van der Waals surface area (Å²) < 4.78 is 6.90. The highest BCUT2D eigenvalue weighted by molar-refractivity contribution is 5.79. The molecule has 1 aliphatic heterocycles. The van der Waals surface area contributed by atoms with Crippen LogP contribution in [0.2, 0.25) is 0 Å². The van der Waals surface area contributed by atoms with E-state index in [4.69, 9.17) is 4.52 Å². The van der Waals surface area contributed by atoms with Gasteiger partial charge in [-0.3, -0.25) is 9.48 Å². The zero-order valence-electron chi connectivity index (χ0n) is 14.2. The summed E-state index contributed by atoms with van der Waals surface area (Å²) in [6.07, 6.45) is 2.37. The Morgan fingerprint density at radius 1 is 1.35 bits per heavy atom. The molecule has 1 amide bonds. The molecule has 2 aromatic heterocycles. The largest absolute Gasteiger partial charge is 0.342 e. The normalized spacial score (nSPS) is 18.4. The molecule has 0 bridgehead atoms.